The Hall–Kier alpha value is -4.29. The minimum Gasteiger partial charge on any atom is -0.392 e. The van der Waals surface area contributed by atoms with Gasteiger partial charge in [0.25, 0.3) is 5.91 Å². The van der Waals surface area contributed by atoms with Crippen molar-refractivity contribution in [2.45, 2.75) is 38.7 Å². The average Bonchev–Trinajstić information content (AvgIpc) is 3.66. The lowest BCUT2D eigenvalue weighted by Gasteiger charge is -2.19. The maximum absolute atomic E-state index is 14.3. The maximum atomic E-state index is 14.3. The number of halogens is 3. The van der Waals surface area contributed by atoms with Gasteiger partial charge in [-0.3, -0.25) is 14.6 Å². The summed E-state index contributed by atoms with van der Waals surface area (Å²) in [5.74, 6) is 0.847. The number of β-amino-alcohol motifs (C(OH)–C–C–N with tert-alkyl or cyclic N) is 1. The summed E-state index contributed by atoms with van der Waals surface area (Å²) in [4.78, 5) is 21.6. The Bertz CT molecular complexity index is 1650. The van der Waals surface area contributed by atoms with E-state index in [4.69, 9.17) is 0 Å². The van der Waals surface area contributed by atoms with Crippen molar-refractivity contribution in [1.29, 1.82) is 0 Å². The molecule has 0 radical (unpaired) electrons. The lowest BCUT2D eigenvalue weighted by atomic mass is 9.98. The molecule has 1 saturated heterocycles. The largest absolute Gasteiger partial charge is 0.416 e. The molecule has 4 aromatic rings. The van der Waals surface area contributed by atoms with Gasteiger partial charge in [0, 0.05) is 44.4 Å². The maximum Gasteiger partial charge on any atom is 0.416 e. The second-order valence-corrected chi connectivity index (χ2v) is 10.7. The summed E-state index contributed by atoms with van der Waals surface area (Å²) < 4.78 is 44.7. The first kappa shape index (κ1) is 27.9. The number of aromatic nitrogens is 4. The predicted molar refractivity (Wildman–Crippen MR) is 152 cm³/mol. The van der Waals surface area contributed by atoms with E-state index >= 15 is 0 Å². The van der Waals surface area contributed by atoms with E-state index < -0.39 is 23.8 Å². The van der Waals surface area contributed by atoms with Gasteiger partial charge < -0.3 is 15.0 Å². The normalized spacial score (nSPS) is 17.2. The Morgan fingerprint density at radius 3 is 2.55 bits per heavy atom. The molecule has 2 aromatic heterocycles. The second-order valence-electron chi connectivity index (χ2n) is 10.7. The monoisotopic (exact) mass is 577 g/mol. The molecule has 0 unspecified atom stereocenters. The number of nitrogens with zero attached hydrogens (tertiary/aromatic N) is 6. The number of likely N-dealkylation sites (tertiary alicyclic amines) is 1. The summed E-state index contributed by atoms with van der Waals surface area (Å²) in [5.41, 5.74) is 1.88. The first-order valence-electron chi connectivity index (χ1n) is 13.8. The quantitative estimate of drug-likeness (QED) is 0.328. The van der Waals surface area contributed by atoms with E-state index in [2.05, 4.69) is 20.5 Å². The van der Waals surface area contributed by atoms with Gasteiger partial charge in [-0.1, -0.05) is 24.3 Å². The third-order valence-corrected chi connectivity index (χ3v) is 7.70. The number of aliphatic hydroxyl groups excluding tert-OH is 1. The standard InChI is InChI=1S/C30H30F3N7O2/c1-3-34-26-12-19(21-6-4-5-7-22(21)28-37-35-17-38(28)2)13-27(36-26)40-16-24-23(29(40)42)10-18(11-25(24)30(31,32)33)14-39-9-8-20(41)15-39/h4-7,10-13,17,20,41H,3,8-9,14-16H2,1-2H3,(H,34,36)/t20-/m1/s1. The van der Waals surface area contributed by atoms with Crippen LogP contribution in [0.3, 0.4) is 0 Å². The van der Waals surface area contributed by atoms with Crippen LogP contribution in [0, 0.1) is 0 Å². The lowest BCUT2D eigenvalue weighted by molar-refractivity contribution is -0.138. The molecule has 1 fully saturated rings. The van der Waals surface area contributed by atoms with Crippen LogP contribution in [0.4, 0.5) is 24.8 Å². The number of benzene rings is 2. The Balaban J connectivity index is 1.41. The molecule has 12 heteroatoms. The highest BCUT2D eigenvalue weighted by Crippen LogP contribution is 2.41. The number of amides is 1. The SMILES string of the molecule is CCNc1cc(-c2ccccc2-c2nncn2C)cc(N2Cc3c(cc(CN4CC[C@@H](O)C4)cc3C(F)(F)F)C2=O)n1. The number of carbonyl (C=O) groups is 1. The fourth-order valence-corrected chi connectivity index (χ4v) is 5.75. The van der Waals surface area contributed by atoms with Gasteiger partial charge in [0.15, 0.2) is 5.82 Å². The molecule has 0 aliphatic carbocycles. The van der Waals surface area contributed by atoms with Crippen LogP contribution in [-0.2, 0) is 26.3 Å². The van der Waals surface area contributed by atoms with Crippen LogP contribution >= 0.6 is 0 Å². The van der Waals surface area contributed by atoms with Crippen LogP contribution in [0.5, 0.6) is 0 Å². The van der Waals surface area contributed by atoms with Crippen molar-refractivity contribution >= 4 is 17.5 Å². The Morgan fingerprint density at radius 1 is 1.10 bits per heavy atom. The minimum atomic E-state index is -4.64. The van der Waals surface area contributed by atoms with Gasteiger partial charge in [-0.05, 0) is 59.9 Å². The van der Waals surface area contributed by atoms with Crippen molar-refractivity contribution in [2.75, 3.05) is 29.9 Å². The number of carbonyl (C=O) groups excluding carboxylic acids is 1. The zero-order valence-electron chi connectivity index (χ0n) is 23.2. The topological polar surface area (TPSA) is 99.4 Å². The summed E-state index contributed by atoms with van der Waals surface area (Å²) in [6, 6.07) is 13.9. The molecule has 42 heavy (non-hydrogen) atoms. The summed E-state index contributed by atoms with van der Waals surface area (Å²) in [5, 5.41) is 21.3. The molecule has 0 saturated carbocycles. The average molecular weight is 578 g/mol. The number of aryl methyl sites for hydroxylation is 1. The lowest BCUT2D eigenvalue weighted by Crippen LogP contribution is -2.24. The molecule has 6 rings (SSSR count). The second kappa shape index (κ2) is 10.8. The molecule has 1 atom stereocenters. The molecule has 9 nitrogen and oxygen atoms in total. The number of fused-ring (bicyclic) bond motifs is 1. The van der Waals surface area contributed by atoms with E-state index in [9.17, 15) is 23.1 Å². The van der Waals surface area contributed by atoms with Gasteiger partial charge in [0.2, 0.25) is 0 Å². The predicted octanol–water partition coefficient (Wildman–Crippen LogP) is 4.72. The van der Waals surface area contributed by atoms with Crippen LogP contribution in [0.2, 0.25) is 0 Å². The van der Waals surface area contributed by atoms with Crippen molar-refractivity contribution in [3.63, 3.8) is 0 Å². The molecule has 2 aliphatic heterocycles. The number of hydrogen-bond acceptors (Lipinski definition) is 7. The van der Waals surface area contributed by atoms with Crippen LogP contribution in [-0.4, -0.2) is 61.4 Å². The first-order chi connectivity index (χ1) is 20.1. The van der Waals surface area contributed by atoms with E-state index in [-0.39, 0.29) is 30.0 Å². The highest BCUT2D eigenvalue weighted by molar-refractivity contribution is 6.10. The summed E-state index contributed by atoms with van der Waals surface area (Å²) in [6.07, 6.45) is -2.96. The van der Waals surface area contributed by atoms with Gasteiger partial charge in [-0.2, -0.15) is 13.2 Å². The third-order valence-electron chi connectivity index (χ3n) is 7.70. The fraction of sp³-hybridized carbons (Fsp3) is 0.333. The molecule has 2 aromatic carbocycles. The third kappa shape index (κ3) is 5.23. The van der Waals surface area contributed by atoms with Gasteiger partial charge in [-0.15, -0.1) is 10.2 Å². The molecule has 2 N–H and O–H groups in total. The van der Waals surface area contributed by atoms with E-state index in [1.807, 2.05) is 49.2 Å². The summed E-state index contributed by atoms with van der Waals surface area (Å²) in [7, 11) is 1.84. The molecule has 218 valence electrons. The van der Waals surface area contributed by atoms with Gasteiger partial charge in [0.1, 0.15) is 18.0 Å². The van der Waals surface area contributed by atoms with Crippen molar-refractivity contribution < 1.29 is 23.1 Å². The summed E-state index contributed by atoms with van der Waals surface area (Å²) in [6.45, 7) is 3.41. The molecular weight excluding hydrogens is 547 g/mol. The van der Waals surface area contributed by atoms with Crippen LogP contribution in [0.1, 0.15) is 40.4 Å². The highest BCUT2D eigenvalue weighted by Gasteiger charge is 2.41. The van der Waals surface area contributed by atoms with Gasteiger partial charge in [0.05, 0.1) is 18.2 Å². The van der Waals surface area contributed by atoms with Crippen molar-refractivity contribution in [1.82, 2.24) is 24.6 Å². The molecule has 1 amide bonds. The number of aliphatic hydroxyl groups is 1. The molecular formula is C30H30F3N7O2. The van der Waals surface area contributed by atoms with Crippen LogP contribution in [0.15, 0.2) is 54.9 Å². The molecule has 4 heterocycles. The van der Waals surface area contributed by atoms with Crippen molar-refractivity contribution in [3.05, 3.63) is 77.1 Å². The van der Waals surface area contributed by atoms with Crippen LogP contribution < -0.4 is 10.2 Å². The van der Waals surface area contributed by atoms with E-state index in [1.165, 1.54) is 4.90 Å². The minimum absolute atomic E-state index is 0.0243. The summed E-state index contributed by atoms with van der Waals surface area (Å²) >= 11 is 0. The van der Waals surface area contributed by atoms with E-state index in [0.717, 1.165) is 22.8 Å². The Labute approximate surface area is 240 Å². The number of pyridine rings is 1. The van der Waals surface area contributed by atoms with Crippen molar-refractivity contribution in [3.8, 4) is 22.5 Å². The van der Waals surface area contributed by atoms with Gasteiger partial charge in [-0.25, -0.2) is 4.98 Å². The number of alkyl halides is 3. The molecule has 0 spiro atoms. The van der Waals surface area contributed by atoms with Crippen LogP contribution in [0.25, 0.3) is 22.5 Å². The number of hydrogen-bond donors (Lipinski definition) is 2. The Morgan fingerprint density at radius 2 is 1.88 bits per heavy atom. The highest BCUT2D eigenvalue weighted by atomic mass is 19.4. The number of anilines is 2. The van der Waals surface area contributed by atoms with Crippen molar-refractivity contribution in [2.24, 2.45) is 7.05 Å². The van der Waals surface area contributed by atoms with E-state index in [1.54, 1.807) is 23.0 Å². The zero-order valence-corrected chi connectivity index (χ0v) is 23.2. The Kier molecular flexibility index (Phi) is 7.19. The van der Waals surface area contributed by atoms with Gasteiger partial charge >= 0.3 is 6.18 Å². The number of nitrogens with one attached hydrogen (secondary N) is 1. The number of rotatable bonds is 7. The zero-order chi connectivity index (χ0) is 29.6. The molecule has 2 aliphatic rings. The fourth-order valence-electron chi connectivity index (χ4n) is 5.75. The van der Waals surface area contributed by atoms with E-state index in [0.29, 0.717) is 43.3 Å². The first-order valence-corrected chi connectivity index (χ1v) is 13.8. The smallest absolute Gasteiger partial charge is 0.392 e. The molecule has 0 bridgehead atoms.